The number of benzene rings is 3. The van der Waals surface area contributed by atoms with Gasteiger partial charge in [-0.05, 0) is 35.1 Å². The summed E-state index contributed by atoms with van der Waals surface area (Å²) < 4.78 is 0. The number of carbonyl (C=O) groups excluding carboxylic acids is 1. The van der Waals surface area contributed by atoms with Crippen LogP contribution in [0, 0.1) is 11.3 Å². The molecule has 4 atom stereocenters. The summed E-state index contributed by atoms with van der Waals surface area (Å²) in [7, 11) is 0. The van der Waals surface area contributed by atoms with E-state index < -0.39 is 5.41 Å². The van der Waals surface area contributed by atoms with Crippen LogP contribution in [0.4, 0.5) is 0 Å². The van der Waals surface area contributed by atoms with Gasteiger partial charge in [0.15, 0.2) is 0 Å². The van der Waals surface area contributed by atoms with Crippen LogP contribution in [0.15, 0.2) is 84.9 Å². The van der Waals surface area contributed by atoms with Crippen molar-refractivity contribution in [1.82, 2.24) is 5.32 Å². The highest BCUT2D eigenvalue weighted by molar-refractivity contribution is 5.83. The van der Waals surface area contributed by atoms with Crippen LogP contribution in [0.3, 0.4) is 0 Å². The second-order valence-corrected chi connectivity index (χ2v) is 8.49. The van der Waals surface area contributed by atoms with Crippen LogP contribution in [0.5, 0.6) is 0 Å². The van der Waals surface area contributed by atoms with E-state index in [1.807, 2.05) is 12.1 Å². The molecule has 3 aromatic rings. The van der Waals surface area contributed by atoms with Crippen LogP contribution < -0.4 is 11.1 Å². The van der Waals surface area contributed by atoms with Crippen LogP contribution in [-0.2, 0) is 17.6 Å². The summed E-state index contributed by atoms with van der Waals surface area (Å²) >= 11 is 0. The lowest BCUT2D eigenvalue weighted by Gasteiger charge is -2.44. The minimum absolute atomic E-state index is 0.123. The Morgan fingerprint density at radius 3 is 2.31 bits per heavy atom. The molecule has 3 aromatic carbocycles. The minimum Gasteiger partial charge on any atom is -0.369 e. The van der Waals surface area contributed by atoms with Crippen molar-refractivity contribution in [3.8, 4) is 0 Å². The molecule has 3 heteroatoms. The van der Waals surface area contributed by atoms with E-state index in [9.17, 15) is 4.79 Å². The first-order valence-corrected chi connectivity index (χ1v) is 10.4. The smallest absolute Gasteiger partial charge is 0.225 e. The van der Waals surface area contributed by atoms with Crippen LogP contribution in [0.2, 0.25) is 0 Å². The molecule has 29 heavy (non-hydrogen) atoms. The maximum absolute atomic E-state index is 12.9. The third-order valence-electron chi connectivity index (χ3n) is 6.95. The van der Waals surface area contributed by atoms with Crippen molar-refractivity contribution in [3.63, 3.8) is 0 Å². The Hall–Kier alpha value is -2.91. The van der Waals surface area contributed by atoms with E-state index in [0.29, 0.717) is 13.0 Å². The number of nitrogens with one attached hydrogen (secondary N) is 1. The van der Waals surface area contributed by atoms with Gasteiger partial charge in [0.25, 0.3) is 0 Å². The van der Waals surface area contributed by atoms with Gasteiger partial charge in [-0.15, -0.1) is 0 Å². The molecule has 1 aliphatic heterocycles. The Kier molecular flexibility index (Phi) is 4.48. The monoisotopic (exact) mass is 382 g/mol. The van der Waals surface area contributed by atoms with Crippen LogP contribution in [0.1, 0.15) is 28.2 Å². The first kappa shape index (κ1) is 18.1. The SMILES string of the molecule is NC(=O)C12CNC(Cc3ccccc3)C1C(c1ccccc1)c1ccccc1C2. The molecule has 1 saturated heterocycles. The van der Waals surface area contributed by atoms with Gasteiger partial charge >= 0.3 is 0 Å². The number of amides is 1. The average Bonchev–Trinajstić information content (AvgIpc) is 3.12. The van der Waals surface area contributed by atoms with Gasteiger partial charge in [-0.1, -0.05) is 84.9 Å². The number of nitrogens with two attached hydrogens (primary N) is 1. The molecule has 3 N–H and O–H groups in total. The Bertz CT molecular complexity index is 1020. The Balaban J connectivity index is 1.66. The van der Waals surface area contributed by atoms with E-state index in [2.05, 4.69) is 78.1 Å². The Labute approximate surface area is 172 Å². The molecule has 0 aromatic heterocycles. The van der Waals surface area contributed by atoms with Crippen molar-refractivity contribution in [2.24, 2.45) is 17.1 Å². The fourth-order valence-corrected chi connectivity index (χ4v) is 5.66. The van der Waals surface area contributed by atoms with Crippen LogP contribution in [-0.4, -0.2) is 18.5 Å². The van der Waals surface area contributed by atoms with Gasteiger partial charge in [0.1, 0.15) is 0 Å². The number of rotatable bonds is 4. The van der Waals surface area contributed by atoms with Gasteiger partial charge in [0.2, 0.25) is 5.91 Å². The minimum atomic E-state index is -0.561. The third kappa shape index (κ3) is 2.97. The van der Waals surface area contributed by atoms with Crippen molar-refractivity contribution in [3.05, 3.63) is 107 Å². The van der Waals surface area contributed by atoms with Gasteiger partial charge in [-0.2, -0.15) is 0 Å². The van der Waals surface area contributed by atoms with E-state index in [0.717, 1.165) is 6.42 Å². The van der Waals surface area contributed by atoms with Gasteiger partial charge in [-0.3, -0.25) is 4.79 Å². The summed E-state index contributed by atoms with van der Waals surface area (Å²) in [5.74, 6) is 0.0934. The molecule has 1 heterocycles. The molecule has 1 amide bonds. The highest BCUT2D eigenvalue weighted by atomic mass is 16.1. The fraction of sp³-hybridized carbons (Fsp3) is 0.269. The van der Waals surface area contributed by atoms with Gasteiger partial charge in [0, 0.05) is 24.4 Å². The van der Waals surface area contributed by atoms with E-state index in [1.54, 1.807) is 0 Å². The topological polar surface area (TPSA) is 55.1 Å². The lowest BCUT2D eigenvalue weighted by Crippen LogP contribution is -2.51. The molecule has 0 radical (unpaired) electrons. The van der Waals surface area contributed by atoms with Gasteiger partial charge < -0.3 is 11.1 Å². The number of primary amides is 1. The lowest BCUT2D eigenvalue weighted by atomic mass is 9.57. The van der Waals surface area contributed by atoms with E-state index in [4.69, 9.17) is 5.73 Å². The van der Waals surface area contributed by atoms with Crippen LogP contribution >= 0.6 is 0 Å². The summed E-state index contributed by atoms with van der Waals surface area (Å²) in [5, 5.41) is 3.70. The zero-order chi connectivity index (χ0) is 19.8. The maximum Gasteiger partial charge on any atom is 0.225 e. The van der Waals surface area contributed by atoms with Crippen molar-refractivity contribution in [2.45, 2.75) is 24.8 Å². The highest BCUT2D eigenvalue weighted by Crippen LogP contribution is 2.54. The molecule has 0 saturated carbocycles. The van der Waals surface area contributed by atoms with Crippen molar-refractivity contribution < 1.29 is 4.79 Å². The third-order valence-corrected chi connectivity index (χ3v) is 6.95. The quantitative estimate of drug-likeness (QED) is 0.723. The molecular formula is C26H26N2O. The molecule has 4 unspecified atom stereocenters. The highest BCUT2D eigenvalue weighted by Gasteiger charge is 2.58. The first-order valence-electron chi connectivity index (χ1n) is 10.4. The zero-order valence-corrected chi connectivity index (χ0v) is 16.4. The summed E-state index contributed by atoms with van der Waals surface area (Å²) in [5.41, 5.74) is 10.7. The second kappa shape index (κ2) is 7.16. The van der Waals surface area contributed by atoms with Crippen LogP contribution in [0.25, 0.3) is 0 Å². The summed E-state index contributed by atoms with van der Waals surface area (Å²) in [6, 6.07) is 29.9. The molecule has 1 fully saturated rings. The molecule has 3 nitrogen and oxygen atoms in total. The molecule has 5 rings (SSSR count). The number of hydrogen-bond acceptors (Lipinski definition) is 2. The van der Waals surface area contributed by atoms with Gasteiger partial charge in [-0.25, -0.2) is 0 Å². The Morgan fingerprint density at radius 2 is 1.59 bits per heavy atom. The molecule has 1 aliphatic carbocycles. The summed E-state index contributed by atoms with van der Waals surface area (Å²) in [4.78, 5) is 12.9. The fourth-order valence-electron chi connectivity index (χ4n) is 5.66. The predicted octanol–water partition coefficient (Wildman–Crippen LogP) is 3.68. The van der Waals surface area contributed by atoms with E-state index in [1.165, 1.54) is 22.3 Å². The normalized spacial score (nSPS) is 27.8. The van der Waals surface area contributed by atoms with E-state index in [-0.39, 0.29) is 23.8 Å². The number of fused-ring (bicyclic) bond motifs is 2. The second-order valence-electron chi connectivity index (χ2n) is 8.49. The largest absolute Gasteiger partial charge is 0.369 e. The van der Waals surface area contributed by atoms with Crippen molar-refractivity contribution in [2.75, 3.05) is 6.54 Å². The maximum atomic E-state index is 12.9. The molecule has 146 valence electrons. The molecule has 0 spiro atoms. The number of hydrogen-bond donors (Lipinski definition) is 2. The van der Waals surface area contributed by atoms with Gasteiger partial charge in [0.05, 0.1) is 5.41 Å². The lowest BCUT2D eigenvalue weighted by molar-refractivity contribution is -0.129. The summed E-state index contributed by atoms with van der Waals surface area (Å²) in [6.07, 6.45) is 1.61. The standard InChI is InChI=1S/C26H26N2O/c27-25(29)26-16-20-13-7-8-14-21(20)23(19-11-5-2-6-12-19)24(26)22(28-17-26)15-18-9-3-1-4-10-18/h1-14,22-24,28H,15-17H2,(H2,27,29). The zero-order valence-electron chi connectivity index (χ0n) is 16.4. The first-order chi connectivity index (χ1) is 14.2. The molecule has 0 bridgehead atoms. The molecular weight excluding hydrogens is 356 g/mol. The van der Waals surface area contributed by atoms with Crippen molar-refractivity contribution >= 4 is 5.91 Å². The van der Waals surface area contributed by atoms with E-state index >= 15 is 0 Å². The number of carbonyl (C=O) groups is 1. The predicted molar refractivity (Wildman–Crippen MR) is 115 cm³/mol. The Morgan fingerprint density at radius 1 is 0.931 bits per heavy atom. The summed E-state index contributed by atoms with van der Waals surface area (Å²) in [6.45, 7) is 0.641. The molecule has 2 aliphatic rings. The van der Waals surface area contributed by atoms with Crippen molar-refractivity contribution in [1.29, 1.82) is 0 Å². The average molecular weight is 383 g/mol.